The third-order valence-electron chi connectivity index (χ3n) is 22.0. The van der Waals surface area contributed by atoms with Gasteiger partial charge in [0.15, 0.2) is 11.2 Å². The number of furan rings is 4. The minimum Gasteiger partial charge on any atom is -0.455 e. The lowest BCUT2D eigenvalue weighted by molar-refractivity contribution is 0.655. The van der Waals surface area contributed by atoms with Crippen LogP contribution in [-0.4, -0.2) is 19.9 Å². The summed E-state index contributed by atoms with van der Waals surface area (Å²) >= 11 is 0. The first-order chi connectivity index (χ1) is 55.5. The summed E-state index contributed by atoms with van der Waals surface area (Å²) in [5.74, 6) is 0. The number of hydrogen-bond donors (Lipinski definition) is 0. The average molecular weight is 1440 g/mol. The molecule has 0 bridgehead atoms. The SMILES string of the molecule is c1cc(-c2ccc(-c3ccccc3-c3cc(-c4ccc(N(c5ccc(-c6cncc7c6oc6ccccc67)cc5)c5cccc(-c6cccc7ccccc67)c5)cc4)c4oc5ncccc5c4c3)cc2)cc(N(c2ccc(-c3ccnc4c3oc3ccccc34)cc2)c2ccc(-c3ccnc4c3oc3ccccc34)cc2)c1. The van der Waals surface area contributed by atoms with Crippen molar-refractivity contribution in [2.75, 3.05) is 9.80 Å². The van der Waals surface area contributed by atoms with Crippen molar-refractivity contribution in [3.63, 3.8) is 0 Å². The Morgan fingerprint density at radius 1 is 0.205 bits per heavy atom. The number of rotatable bonds is 14. The topological polar surface area (TPSA) is 111 Å². The maximum atomic E-state index is 6.81. The van der Waals surface area contributed by atoms with E-state index in [0.29, 0.717) is 5.71 Å². The third-order valence-corrected chi connectivity index (χ3v) is 22.0. The Morgan fingerprint density at radius 2 is 0.643 bits per heavy atom. The van der Waals surface area contributed by atoms with E-state index < -0.39 is 0 Å². The van der Waals surface area contributed by atoms with Crippen LogP contribution in [0.15, 0.2) is 394 Å². The molecule has 22 aromatic rings. The van der Waals surface area contributed by atoms with Gasteiger partial charge in [0, 0.05) is 120 Å². The van der Waals surface area contributed by atoms with Gasteiger partial charge in [0.1, 0.15) is 38.9 Å². The van der Waals surface area contributed by atoms with Crippen LogP contribution >= 0.6 is 0 Å². The molecule has 0 aliphatic heterocycles. The van der Waals surface area contributed by atoms with Crippen LogP contribution in [0.4, 0.5) is 34.1 Å². The molecule has 10 heteroatoms. The smallest absolute Gasteiger partial charge is 0.227 e. The maximum Gasteiger partial charge on any atom is 0.227 e. The van der Waals surface area contributed by atoms with Gasteiger partial charge in [-0.3, -0.25) is 15.0 Å². The molecule has 0 saturated carbocycles. The quantitative estimate of drug-likeness (QED) is 0.104. The number of aromatic nitrogens is 4. The van der Waals surface area contributed by atoms with Crippen molar-refractivity contribution in [2.45, 2.75) is 0 Å². The molecular weight excluding hydrogens is 1370 g/mol. The standard InChI is InChI=1S/C102H62N6O4/c1-2-21-79-64(15-1)16-13-27-81(79)71-18-12-20-78(58-71)108(76-50-42-69(43-51-76)91-61-103-62-92-85-24-5-8-29-93(85)109-99(91)92)75-48-40-68(41-49-75)89-59-72(60-90-86-28-14-54-106-102(86)112-98(89)90)82-23-4-3-22-80(82)65-34-32-63(33-35-65)70-17-11-19-77(57-70)107(73-44-36-66(37-45-73)83-52-55-104-96-87-25-6-9-30-94(87)110-100(83)96)74-46-38-67(39-47-74)84-53-56-105-97-88-26-7-10-31-95(88)111-101(84)97/h1-62H. The molecule has 0 amide bonds. The predicted octanol–water partition coefficient (Wildman–Crippen LogP) is 28.3. The predicted molar refractivity (Wildman–Crippen MR) is 457 cm³/mol. The van der Waals surface area contributed by atoms with Crippen molar-refractivity contribution in [3.05, 3.63) is 377 Å². The fourth-order valence-electron chi connectivity index (χ4n) is 16.6. The summed E-state index contributed by atoms with van der Waals surface area (Å²) in [6.07, 6.45) is 9.32. The van der Waals surface area contributed by atoms with Gasteiger partial charge >= 0.3 is 0 Å². The summed E-state index contributed by atoms with van der Waals surface area (Å²) in [4.78, 5) is 23.6. The summed E-state index contributed by atoms with van der Waals surface area (Å²) in [7, 11) is 0. The van der Waals surface area contributed by atoms with Gasteiger partial charge < -0.3 is 27.5 Å². The molecule has 0 radical (unpaired) electrons. The molecule has 112 heavy (non-hydrogen) atoms. The number of hydrogen-bond acceptors (Lipinski definition) is 10. The Hall–Kier alpha value is -15.3. The van der Waals surface area contributed by atoms with Gasteiger partial charge in [-0.25, -0.2) is 4.98 Å². The minimum atomic E-state index is 0.588. The molecule has 10 nitrogen and oxygen atoms in total. The second-order valence-electron chi connectivity index (χ2n) is 28.4. The molecule has 0 atom stereocenters. The van der Waals surface area contributed by atoms with E-state index in [1.807, 2.05) is 97.6 Å². The Kier molecular flexibility index (Phi) is 15.0. The second-order valence-corrected chi connectivity index (χ2v) is 28.4. The molecule has 0 unspecified atom stereocenters. The molecule has 0 saturated heterocycles. The van der Waals surface area contributed by atoms with E-state index in [9.17, 15) is 0 Å². The average Bonchev–Trinajstić information content (AvgIpc) is 1.56. The van der Waals surface area contributed by atoms with Crippen LogP contribution in [0.25, 0.3) is 188 Å². The van der Waals surface area contributed by atoms with Crippen molar-refractivity contribution >= 4 is 133 Å². The normalized spacial score (nSPS) is 11.8. The zero-order chi connectivity index (χ0) is 73.7. The van der Waals surface area contributed by atoms with Crippen molar-refractivity contribution in [1.29, 1.82) is 0 Å². The molecule has 524 valence electrons. The Morgan fingerprint density at radius 3 is 1.26 bits per heavy atom. The van der Waals surface area contributed by atoms with Gasteiger partial charge in [-0.05, 0) is 217 Å². The zero-order valence-electron chi connectivity index (χ0n) is 60.1. The van der Waals surface area contributed by atoms with E-state index in [0.717, 1.165) is 200 Å². The Labute approximate surface area is 642 Å². The highest BCUT2D eigenvalue weighted by atomic mass is 16.3. The van der Waals surface area contributed by atoms with Crippen molar-refractivity contribution in [3.8, 4) is 89.0 Å². The zero-order valence-corrected chi connectivity index (χ0v) is 60.1. The third kappa shape index (κ3) is 10.9. The van der Waals surface area contributed by atoms with Gasteiger partial charge in [-0.1, -0.05) is 206 Å². The number of benzene rings is 14. The van der Waals surface area contributed by atoms with Crippen LogP contribution in [0.5, 0.6) is 0 Å². The molecule has 0 aliphatic rings. The Bertz CT molecular complexity index is 7280. The summed E-state index contributed by atoms with van der Waals surface area (Å²) < 4.78 is 26.3. The van der Waals surface area contributed by atoms with Crippen LogP contribution in [-0.2, 0) is 0 Å². The first kappa shape index (κ1) is 64.0. The van der Waals surface area contributed by atoms with Crippen LogP contribution in [0.2, 0.25) is 0 Å². The lowest BCUT2D eigenvalue weighted by atomic mass is 9.90. The number of nitrogens with zero attached hydrogens (tertiary/aromatic N) is 6. The fraction of sp³-hybridized carbons (Fsp3) is 0. The van der Waals surface area contributed by atoms with Crippen molar-refractivity contribution in [2.24, 2.45) is 0 Å². The number of fused-ring (bicyclic) bond motifs is 13. The first-order valence-corrected chi connectivity index (χ1v) is 37.5. The molecule has 0 fully saturated rings. The van der Waals surface area contributed by atoms with Gasteiger partial charge in [0.2, 0.25) is 5.71 Å². The summed E-state index contributed by atoms with van der Waals surface area (Å²) in [5, 5.41) is 8.36. The monoisotopic (exact) mass is 1430 g/mol. The highest BCUT2D eigenvalue weighted by molar-refractivity contribution is 6.13. The van der Waals surface area contributed by atoms with E-state index in [1.165, 1.54) is 16.3 Å². The van der Waals surface area contributed by atoms with E-state index in [-0.39, 0.29) is 0 Å². The minimum absolute atomic E-state index is 0.588. The molecule has 0 aliphatic carbocycles. The maximum absolute atomic E-state index is 6.81. The Balaban J connectivity index is 0.608. The number of para-hydroxylation sites is 3. The van der Waals surface area contributed by atoms with E-state index in [4.69, 9.17) is 37.6 Å². The molecule has 0 spiro atoms. The van der Waals surface area contributed by atoms with E-state index in [1.54, 1.807) is 6.20 Å². The lowest BCUT2D eigenvalue weighted by Crippen LogP contribution is -2.10. The first-order valence-electron chi connectivity index (χ1n) is 37.5. The molecule has 14 aromatic carbocycles. The van der Waals surface area contributed by atoms with Gasteiger partial charge in [0.05, 0.1) is 0 Å². The van der Waals surface area contributed by atoms with Crippen molar-refractivity contribution in [1.82, 2.24) is 19.9 Å². The largest absolute Gasteiger partial charge is 0.455 e. The molecule has 22 rings (SSSR count). The second kappa shape index (κ2) is 26.3. The summed E-state index contributed by atoms with van der Waals surface area (Å²) in [6.45, 7) is 0. The summed E-state index contributed by atoms with van der Waals surface area (Å²) in [6, 6.07) is 123. The van der Waals surface area contributed by atoms with Crippen LogP contribution < -0.4 is 9.80 Å². The van der Waals surface area contributed by atoms with E-state index in [2.05, 4.69) is 283 Å². The number of anilines is 6. The molecule has 8 aromatic heterocycles. The van der Waals surface area contributed by atoms with Gasteiger partial charge in [-0.2, -0.15) is 0 Å². The number of pyridine rings is 4. The van der Waals surface area contributed by atoms with Crippen LogP contribution in [0.1, 0.15) is 0 Å². The fourth-order valence-corrected chi connectivity index (χ4v) is 16.6. The van der Waals surface area contributed by atoms with Crippen molar-refractivity contribution < 1.29 is 17.7 Å². The van der Waals surface area contributed by atoms with Gasteiger partial charge in [0.25, 0.3) is 0 Å². The van der Waals surface area contributed by atoms with Crippen LogP contribution in [0, 0.1) is 0 Å². The summed E-state index contributed by atoms with van der Waals surface area (Å²) in [5.41, 5.74) is 30.6. The van der Waals surface area contributed by atoms with Crippen LogP contribution in [0.3, 0.4) is 0 Å². The molecule has 8 heterocycles. The lowest BCUT2D eigenvalue weighted by Gasteiger charge is -2.26. The van der Waals surface area contributed by atoms with E-state index >= 15 is 0 Å². The highest BCUT2D eigenvalue weighted by Gasteiger charge is 2.24. The highest BCUT2D eigenvalue weighted by Crippen LogP contribution is 2.48. The molecular formula is C102H62N6O4. The molecule has 0 N–H and O–H groups in total. The van der Waals surface area contributed by atoms with Gasteiger partial charge in [-0.15, -0.1) is 0 Å².